The number of hydrogen-bond donors (Lipinski definition) is 1. The second-order valence-electron chi connectivity index (χ2n) is 7.19. The third kappa shape index (κ3) is 4.53. The molecule has 1 atom stereocenters. The van der Waals surface area contributed by atoms with Crippen LogP contribution in [0.25, 0.3) is 0 Å². The molecule has 0 saturated heterocycles. The lowest BCUT2D eigenvalue weighted by Crippen LogP contribution is -2.35. The van der Waals surface area contributed by atoms with Crippen LogP contribution < -0.4 is 10.2 Å². The van der Waals surface area contributed by atoms with Gasteiger partial charge in [0.25, 0.3) is 5.91 Å². The standard InChI is InChI=1S/C24H21ClN2O2S/c1-16(18-7-3-2-4-8-18)26-24(29)19-10-11-22-21(13-19)27(23(28)15-30-22)14-17-6-5-9-20(25)12-17/h2-13,16H,14-15H2,1H3,(H,26,29)/t16-/m1/s1. The highest BCUT2D eigenvalue weighted by Gasteiger charge is 2.26. The molecule has 3 aromatic carbocycles. The van der Waals surface area contributed by atoms with Gasteiger partial charge in [-0.05, 0) is 48.4 Å². The van der Waals surface area contributed by atoms with Crippen LogP contribution in [0.5, 0.6) is 0 Å². The largest absolute Gasteiger partial charge is 0.346 e. The summed E-state index contributed by atoms with van der Waals surface area (Å²) in [4.78, 5) is 28.2. The van der Waals surface area contributed by atoms with Gasteiger partial charge >= 0.3 is 0 Å². The van der Waals surface area contributed by atoms with Crippen LogP contribution in [0.15, 0.2) is 77.7 Å². The molecule has 4 nitrogen and oxygen atoms in total. The van der Waals surface area contributed by atoms with Crippen molar-refractivity contribution < 1.29 is 9.59 Å². The maximum Gasteiger partial charge on any atom is 0.251 e. The van der Waals surface area contributed by atoms with Crippen molar-refractivity contribution in [1.29, 1.82) is 0 Å². The van der Waals surface area contributed by atoms with Crippen molar-refractivity contribution >= 4 is 40.9 Å². The first-order valence-electron chi connectivity index (χ1n) is 9.69. The molecule has 0 aromatic heterocycles. The second kappa shape index (κ2) is 8.94. The molecule has 3 aromatic rings. The summed E-state index contributed by atoms with van der Waals surface area (Å²) in [5.74, 6) is 0.229. The zero-order valence-corrected chi connectivity index (χ0v) is 18.0. The Morgan fingerprint density at radius 2 is 1.90 bits per heavy atom. The van der Waals surface area contributed by atoms with Crippen LogP contribution in [0.1, 0.15) is 34.5 Å². The third-order valence-corrected chi connectivity index (χ3v) is 6.32. The topological polar surface area (TPSA) is 49.4 Å². The van der Waals surface area contributed by atoms with E-state index in [0.717, 1.165) is 21.7 Å². The van der Waals surface area contributed by atoms with Crippen molar-refractivity contribution in [3.8, 4) is 0 Å². The minimum Gasteiger partial charge on any atom is -0.346 e. The van der Waals surface area contributed by atoms with Crippen LogP contribution in [0.3, 0.4) is 0 Å². The lowest BCUT2D eigenvalue weighted by Gasteiger charge is -2.29. The fourth-order valence-electron chi connectivity index (χ4n) is 3.44. The highest BCUT2D eigenvalue weighted by molar-refractivity contribution is 8.00. The van der Waals surface area contributed by atoms with Gasteiger partial charge < -0.3 is 10.2 Å². The number of benzene rings is 3. The Kier molecular flexibility index (Phi) is 6.11. The molecule has 1 N–H and O–H groups in total. The zero-order valence-electron chi connectivity index (χ0n) is 16.5. The quantitative estimate of drug-likeness (QED) is 0.577. The number of fused-ring (bicyclic) bond motifs is 1. The number of halogens is 1. The average molecular weight is 437 g/mol. The minimum absolute atomic E-state index is 0.0164. The summed E-state index contributed by atoms with van der Waals surface area (Å²) >= 11 is 7.60. The molecule has 1 heterocycles. The van der Waals surface area contributed by atoms with Crippen molar-refractivity contribution in [3.05, 3.63) is 94.5 Å². The third-order valence-electron chi connectivity index (χ3n) is 5.04. The highest BCUT2D eigenvalue weighted by Crippen LogP contribution is 2.37. The summed E-state index contributed by atoms with van der Waals surface area (Å²) in [7, 11) is 0. The molecule has 0 fully saturated rings. The van der Waals surface area contributed by atoms with Crippen LogP contribution in [0, 0.1) is 0 Å². The molecular weight excluding hydrogens is 416 g/mol. The van der Waals surface area contributed by atoms with Crippen LogP contribution in [-0.4, -0.2) is 17.6 Å². The maximum absolute atomic E-state index is 12.9. The molecule has 1 aliphatic rings. The Hall–Kier alpha value is -2.76. The molecule has 0 bridgehead atoms. The van der Waals surface area contributed by atoms with E-state index in [4.69, 9.17) is 11.6 Å². The first kappa shape index (κ1) is 20.5. The number of carbonyl (C=O) groups excluding carboxylic acids is 2. The van der Waals surface area contributed by atoms with Crippen molar-refractivity contribution in [2.45, 2.75) is 24.4 Å². The number of anilines is 1. The van der Waals surface area contributed by atoms with Gasteiger partial charge in [0.2, 0.25) is 5.91 Å². The molecule has 152 valence electrons. The van der Waals surface area contributed by atoms with Gasteiger partial charge in [0.1, 0.15) is 0 Å². The molecule has 1 aliphatic heterocycles. The summed E-state index contributed by atoms with van der Waals surface area (Å²) in [5.41, 5.74) is 3.28. The predicted molar refractivity (Wildman–Crippen MR) is 122 cm³/mol. The normalized spacial score (nSPS) is 14.2. The zero-order chi connectivity index (χ0) is 21.1. The number of hydrogen-bond acceptors (Lipinski definition) is 3. The van der Waals surface area contributed by atoms with Gasteiger partial charge in [0, 0.05) is 15.5 Å². The minimum atomic E-state index is -0.167. The van der Waals surface area contributed by atoms with Gasteiger partial charge in [-0.2, -0.15) is 0 Å². The lowest BCUT2D eigenvalue weighted by atomic mass is 10.1. The fourth-order valence-corrected chi connectivity index (χ4v) is 4.57. The summed E-state index contributed by atoms with van der Waals surface area (Å²) in [6, 6.07) is 22.7. The van der Waals surface area contributed by atoms with Gasteiger partial charge in [-0.25, -0.2) is 0 Å². The van der Waals surface area contributed by atoms with E-state index in [9.17, 15) is 9.59 Å². The van der Waals surface area contributed by atoms with E-state index in [0.29, 0.717) is 22.9 Å². The molecule has 0 saturated carbocycles. The Morgan fingerprint density at radius 1 is 1.10 bits per heavy atom. The summed E-state index contributed by atoms with van der Waals surface area (Å²) in [6.45, 7) is 2.37. The molecule has 2 amide bonds. The maximum atomic E-state index is 12.9. The summed E-state index contributed by atoms with van der Waals surface area (Å²) < 4.78 is 0. The fraction of sp³-hybridized carbons (Fsp3) is 0.167. The number of amides is 2. The van der Waals surface area contributed by atoms with E-state index in [1.54, 1.807) is 11.0 Å². The van der Waals surface area contributed by atoms with Gasteiger partial charge in [0.15, 0.2) is 0 Å². The van der Waals surface area contributed by atoms with Gasteiger partial charge in [0.05, 0.1) is 24.0 Å². The van der Waals surface area contributed by atoms with Gasteiger partial charge in [-0.3, -0.25) is 9.59 Å². The molecular formula is C24H21ClN2O2S. The number of nitrogens with one attached hydrogen (secondary N) is 1. The first-order valence-corrected chi connectivity index (χ1v) is 11.0. The number of nitrogens with zero attached hydrogens (tertiary/aromatic N) is 1. The van der Waals surface area contributed by atoms with Crippen LogP contribution >= 0.6 is 23.4 Å². The van der Waals surface area contributed by atoms with Gasteiger partial charge in [-0.15, -0.1) is 11.8 Å². The molecule has 0 aliphatic carbocycles. The molecule has 0 unspecified atom stereocenters. The molecule has 6 heteroatoms. The van der Waals surface area contributed by atoms with Crippen LogP contribution in [-0.2, 0) is 11.3 Å². The van der Waals surface area contributed by atoms with Crippen LogP contribution in [0.2, 0.25) is 5.02 Å². The lowest BCUT2D eigenvalue weighted by molar-refractivity contribution is -0.116. The SMILES string of the molecule is C[C@@H](NC(=O)c1ccc2c(c1)N(Cc1cccc(Cl)c1)C(=O)CS2)c1ccccc1. The Labute approximate surface area is 185 Å². The second-order valence-corrected chi connectivity index (χ2v) is 8.64. The van der Waals surface area contributed by atoms with E-state index in [1.807, 2.05) is 73.7 Å². The number of carbonyl (C=O) groups is 2. The van der Waals surface area contributed by atoms with Crippen molar-refractivity contribution in [3.63, 3.8) is 0 Å². The summed E-state index contributed by atoms with van der Waals surface area (Å²) in [5, 5.41) is 3.67. The van der Waals surface area contributed by atoms with E-state index in [2.05, 4.69) is 5.32 Å². The number of thioether (sulfide) groups is 1. The monoisotopic (exact) mass is 436 g/mol. The molecule has 4 rings (SSSR count). The van der Waals surface area contributed by atoms with E-state index in [1.165, 1.54) is 11.8 Å². The Balaban J connectivity index is 1.58. The highest BCUT2D eigenvalue weighted by atomic mass is 35.5. The molecule has 30 heavy (non-hydrogen) atoms. The van der Waals surface area contributed by atoms with E-state index < -0.39 is 0 Å². The number of rotatable bonds is 5. The van der Waals surface area contributed by atoms with E-state index in [-0.39, 0.29) is 17.9 Å². The first-order chi connectivity index (χ1) is 14.5. The van der Waals surface area contributed by atoms with E-state index >= 15 is 0 Å². The molecule has 0 radical (unpaired) electrons. The smallest absolute Gasteiger partial charge is 0.251 e. The predicted octanol–water partition coefficient (Wildman–Crippen LogP) is 5.47. The molecule has 0 spiro atoms. The van der Waals surface area contributed by atoms with Crippen LogP contribution in [0.4, 0.5) is 5.69 Å². The van der Waals surface area contributed by atoms with Crippen molar-refractivity contribution in [2.24, 2.45) is 0 Å². The van der Waals surface area contributed by atoms with Crippen molar-refractivity contribution in [1.82, 2.24) is 5.32 Å². The average Bonchev–Trinajstić information content (AvgIpc) is 2.76. The summed E-state index contributed by atoms with van der Waals surface area (Å²) in [6.07, 6.45) is 0. The Bertz CT molecular complexity index is 1090. The van der Waals surface area contributed by atoms with Gasteiger partial charge in [-0.1, -0.05) is 54.1 Å². The Morgan fingerprint density at radius 3 is 2.67 bits per heavy atom. The van der Waals surface area contributed by atoms with Crippen molar-refractivity contribution in [2.75, 3.05) is 10.7 Å².